The minimum Gasteiger partial charge on any atom is -0.486 e. The van der Waals surface area contributed by atoms with Gasteiger partial charge in [-0.2, -0.15) is 0 Å². The molecule has 1 N–H and O–H groups in total. The van der Waals surface area contributed by atoms with Gasteiger partial charge >= 0.3 is 0 Å². The van der Waals surface area contributed by atoms with Crippen molar-refractivity contribution in [3.63, 3.8) is 0 Å². The summed E-state index contributed by atoms with van der Waals surface area (Å²) < 4.78 is 41.1. The third-order valence-electron chi connectivity index (χ3n) is 8.73. The number of amides is 2. The summed E-state index contributed by atoms with van der Waals surface area (Å²) in [5, 5.41) is 3.82. The summed E-state index contributed by atoms with van der Waals surface area (Å²) >= 11 is 12.6. The maximum atomic E-state index is 14.7. The second-order valence-electron chi connectivity index (χ2n) is 12.1. The van der Waals surface area contributed by atoms with E-state index in [-0.39, 0.29) is 35.5 Å². The second-order valence-corrected chi connectivity index (χ2v) is 14.8. The molecule has 4 aromatic carbocycles. The van der Waals surface area contributed by atoms with Crippen molar-refractivity contribution in [1.82, 2.24) is 10.2 Å². The van der Waals surface area contributed by atoms with Gasteiger partial charge in [0.15, 0.2) is 11.5 Å². The molecule has 2 amide bonds. The summed E-state index contributed by atoms with van der Waals surface area (Å²) in [4.78, 5) is 30.4. The van der Waals surface area contributed by atoms with Crippen LogP contribution >= 0.6 is 23.2 Å². The molecule has 0 saturated heterocycles. The first-order valence-corrected chi connectivity index (χ1v) is 18.4. The van der Waals surface area contributed by atoms with Crippen LogP contribution in [0.2, 0.25) is 10.0 Å². The lowest BCUT2D eigenvalue weighted by Crippen LogP contribution is -2.54. The Morgan fingerprint density at radius 2 is 1.47 bits per heavy atom. The topological polar surface area (TPSA) is 105 Å². The Morgan fingerprint density at radius 1 is 0.796 bits per heavy atom. The quantitative estimate of drug-likeness (QED) is 0.176. The number of anilines is 1. The molecule has 256 valence electrons. The van der Waals surface area contributed by atoms with Crippen LogP contribution in [0.1, 0.15) is 36.8 Å². The Bertz CT molecular complexity index is 1890. The third kappa shape index (κ3) is 8.32. The summed E-state index contributed by atoms with van der Waals surface area (Å²) in [6, 6.07) is 26.2. The normalized spacial score (nSPS) is 15.0. The third-order valence-corrected chi connectivity index (χ3v) is 11.3. The molecule has 1 saturated carbocycles. The molecule has 0 radical (unpaired) electrons. The lowest BCUT2D eigenvalue weighted by molar-refractivity contribution is -0.140. The van der Waals surface area contributed by atoms with Gasteiger partial charge in [-0.05, 0) is 60.4 Å². The van der Waals surface area contributed by atoms with Crippen molar-refractivity contribution in [2.45, 2.75) is 55.6 Å². The van der Waals surface area contributed by atoms with Gasteiger partial charge in [0.25, 0.3) is 10.0 Å². The molecule has 0 bridgehead atoms. The number of halogens is 2. The molecule has 0 spiro atoms. The van der Waals surface area contributed by atoms with E-state index in [2.05, 4.69) is 5.32 Å². The number of carbonyl (C=O) groups excluding carboxylic acids is 2. The van der Waals surface area contributed by atoms with Crippen molar-refractivity contribution < 1.29 is 27.5 Å². The highest BCUT2D eigenvalue weighted by Crippen LogP contribution is 2.36. The molecule has 1 aliphatic carbocycles. The highest BCUT2D eigenvalue weighted by atomic mass is 35.5. The number of nitrogens with one attached hydrogen (secondary N) is 1. The smallest absolute Gasteiger partial charge is 0.264 e. The van der Waals surface area contributed by atoms with Crippen LogP contribution in [0, 0.1) is 0 Å². The molecular weight excluding hydrogens is 685 g/mol. The van der Waals surface area contributed by atoms with Gasteiger partial charge in [-0.25, -0.2) is 8.42 Å². The number of nitrogens with zero attached hydrogens (tertiary/aromatic N) is 2. The Balaban J connectivity index is 1.42. The monoisotopic (exact) mass is 721 g/mol. The minimum absolute atomic E-state index is 0.000345. The molecule has 1 aliphatic heterocycles. The summed E-state index contributed by atoms with van der Waals surface area (Å²) in [7, 11) is -4.27. The Labute approximate surface area is 296 Å². The van der Waals surface area contributed by atoms with Crippen LogP contribution in [-0.4, -0.2) is 57.0 Å². The zero-order valence-electron chi connectivity index (χ0n) is 26.8. The maximum Gasteiger partial charge on any atom is 0.264 e. The maximum absolute atomic E-state index is 14.7. The molecular formula is C37H37Cl2N3O6S. The molecule has 1 atom stereocenters. The van der Waals surface area contributed by atoms with Crippen LogP contribution in [0.4, 0.5) is 5.69 Å². The second kappa shape index (κ2) is 15.5. The van der Waals surface area contributed by atoms with Crippen LogP contribution in [0.25, 0.3) is 0 Å². The van der Waals surface area contributed by atoms with E-state index in [1.54, 1.807) is 54.6 Å². The number of hydrogen-bond donors (Lipinski definition) is 1. The number of benzene rings is 4. The molecule has 0 unspecified atom stereocenters. The van der Waals surface area contributed by atoms with Gasteiger partial charge < -0.3 is 19.7 Å². The minimum atomic E-state index is -4.27. The lowest BCUT2D eigenvalue weighted by Gasteiger charge is -2.34. The molecule has 0 aromatic heterocycles. The van der Waals surface area contributed by atoms with Gasteiger partial charge in [0.2, 0.25) is 11.8 Å². The van der Waals surface area contributed by atoms with Gasteiger partial charge in [-0.15, -0.1) is 0 Å². The number of ether oxygens (including phenoxy) is 2. The first-order chi connectivity index (χ1) is 23.7. The SMILES string of the molecule is O=C(NC1CCCC1)[C@@H](Cc1ccccc1)N(Cc1ccc(Cl)c(Cl)c1)C(=O)CN(c1ccc2c(c1)OCCO2)S(=O)(=O)c1ccccc1. The standard InChI is InChI=1S/C37H37Cl2N3O6S/c38-31-17-15-27(21-32(31)39)24-41(33(22-26-9-3-1-4-10-26)37(44)40-28-11-7-8-12-28)36(43)25-42(49(45,46)30-13-5-2-6-14-30)29-16-18-34-35(23-29)48-20-19-47-34/h1-6,9-10,13-18,21,23,28,33H,7-8,11-12,19-20,22,24-25H2,(H,40,44)/t33-/m1/s1. The molecule has 1 heterocycles. The fraction of sp³-hybridized carbons (Fsp3) is 0.297. The molecule has 49 heavy (non-hydrogen) atoms. The predicted molar refractivity (Wildman–Crippen MR) is 190 cm³/mol. The summed E-state index contributed by atoms with van der Waals surface area (Å²) in [5.74, 6) is -0.0370. The van der Waals surface area contributed by atoms with E-state index in [1.807, 2.05) is 30.3 Å². The lowest BCUT2D eigenvalue weighted by atomic mass is 10.0. The zero-order valence-corrected chi connectivity index (χ0v) is 29.1. The van der Waals surface area contributed by atoms with E-state index in [1.165, 1.54) is 17.0 Å². The Kier molecular flexibility index (Phi) is 11.0. The summed E-state index contributed by atoms with van der Waals surface area (Å²) in [6.07, 6.45) is 3.96. The average Bonchev–Trinajstić information content (AvgIpc) is 3.63. The van der Waals surface area contributed by atoms with Crippen LogP contribution < -0.4 is 19.1 Å². The van der Waals surface area contributed by atoms with Crippen molar-refractivity contribution in [3.8, 4) is 11.5 Å². The summed E-state index contributed by atoms with van der Waals surface area (Å²) in [5.41, 5.74) is 1.69. The molecule has 2 aliphatic rings. The van der Waals surface area contributed by atoms with E-state index in [0.717, 1.165) is 35.6 Å². The highest BCUT2D eigenvalue weighted by Gasteiger charge is 2.36. The van der Waals surface area contributed by atoms with E-state index in [9.17, 15) is 18.0 Å². The first kappa shape index (κ1) is 34.6. The van der Waals surface area contributed by atoms with Crippen LogP contribution in [0.3, 0.4) is 0 Å². The van der Waals surface area contributed by atoms with Gasteiger partial charge in [-0.3, -0.25) is 13.9 Å². The van der Waals surface area contributed by atoms with E-state index in [4.69, 9.17) is 32.7 Å². The highest BCUT2D eigenvalue weighted by molar-refractivity contribution is 7.92. The van der Waals surface area contributed by atoms with Crippen molar-refractivity contribution in [1.29, 1.82) is 0 Å². The van der Waals surface area contributed by atoms with Gasteiger partial charge in [0.05, 0.1) is 20.6 Å². The average molecular weight is 723 g/mol. The van der Waals surface area contributed by atoms with Crippen molar-refractivity contribution >= 4 is 50.7 Å². The molecule has 4 aromatic rings. The molecule has 9 nitrogen and oxygen atoms in total. The fourth-order valence-corrected chi connectivity index (χ4v) is 7.94. The number of hydrogen-bond acceptors (Lipinski definition) is 6. The number of carbonyl (C=O) groups is 2. The summed E-state index contributed by atoms with van der Waals surface area (Å²) in [6.45, 7) is 0.0492. The number of fused-ring (bicyclic) bond motifs is 1. The largest absolute Gasteiger partial charge is 0.486 e. The predicted octanol–water partition coefficient (Wildman–Crippen LogP) is 6.66. The van der Waals surface area contributed by atoms with E-state index in [0.29, 0.717) is 40.3 Å². The first-order valence-electron chi connectivity index (χ1n) is 16.2. The zero-order chi connectivity index (χ0) is 34.4. The molecule has 12 heteroatoms. The van der Waals surface area contributed by atoms with Gasteiger partial charge in [0, 0.05) is 25.1 Å². The van der Waals surface area contributed by atoms with Crippen LogP contribution in [0.15, 0.2) is 102 Å². The van der Waals surface area contributed by atoms with Gasteiger partial charge in [0.1, 0.15) is 25.8 Å². The van der Waals surface area contributed by atoms with Crippen LogP contribution in [-0.2, 0) is 32.6 Å². The van der Waals surface area contributed by atoms with Gasteiger partial charge in [-0.1, -0.05) is 90.6 Å². The Hall–Kier alpha value is -4.25. The molecule has 6 rings (SSSR count). The van der Waals surface area contributed by atoms with Crippen LogP contribution in [0.5, 0.6) is 11.5 Å². The van der Waals surface area contributed by atoms with E-state index < -0.39 is 28.5 Å². The number of sulfonamides is 1. The Morgan fingerprint density at radius 3 is 2.16 bits per heavy atom. The van der Waals surface area contributed by atoms with Crippen molar-refractivity contribution in [2.75, 3.05) is 24.1 Å². The van der Waals surface area contributed by atoms with Crippen molar-refractivity contribution in [3.05, 3.63) is 118 Å². The fourth-order valence-electron chi connectivity index (χ4n) is 6.19. The number of rotatable bonds is 12. The molecule has 1 fully saturated rings. The van der Waals surface area contributed by atoms with E-state index >= 15 is 0 Å². The van der Waals surface area contributed by atoms with Crippen molar-refractivity contribution in [2.24, 2.45) is 0 Å².